The van der Waals surface area contributed by atoms with Crippen LogP contribution in [0.15, 0.2) is 60.7 Å². The van der Waals surface area contributed by atoms with Crippen LogP contribution in [0, 0.1) is 6.92 Å². The maximum atomic E-state index is 13.4. The van der Waals surface area contributed by atoms with Gasteiger partial charge in [-0.25, -0.2) is 0 Å². The van der Waals surface area contributed by atoms with Crippen LogP contribution in [0.4, 0.5) is 5.69 Å². The summed E-state index contributed by atoms with van der Waals surface area (Å²) in [6, 6.07) is 12.3. The third-order valence-electron chi connectivity index (χ3n) is 6.85. The first-order valence-electron chi connectivity index (χ1n) is 12.5. The summed E-state index contributed by atoms with van der Waals surface area (Å²) in [5.74, 6) is -0.815. The molecule has 2 saturated heterocycles. The third kappa shape index (κ3) is 5.70. The normalized spacial score (nSPS) is 19.8. The Hall–Kier alpha value is -3.62. The summed E-state index contributed by atoms with van der Waals surface area (Å²) in [5.41, 5.74) is 3.11. The molecule has 4 rings (SSSR count). The number of anilines is 1. The molecule has 2 aliphatic rings. The summed E-state index contributed by atoms with van der Waals surface area (Å²) in [4.78, 5) is 32.5. The van der Waals surface area contributed by atoms with Gasteiger partial charge >= 0.3 is 0 Å². The van der Waals surface area contributed by atoms with Gasteiger partial charge in [-0.05, 0) is 48.4 Å². The van der Waals surface area contributed by atoms with Crippen LogP contribution >= 0.6 is 0 Å². The summed E-state index contributed by atoms with van der Waals surface area (Å²) in [7, 11) is 3.91. The van der Waals surface area contributed by atoms with Crippen LogP contribution in [0.5, 0.6) is 5.75 Å². The molecule has 0 saturated carbocycles. The molecule has 2 fully saturated rings. The molecule has 2 aliphatic heterocycles. The lowest BCUT2D eigenvalue weighted by molar-refractivity contribution is -0.140. The number of aliphatic hydroxyl groups excluding tert-OH is 1. The minimum absolute atomic E-state index is 0.104. The number of ketones is 1. The van der Waals surface area contributed by atoms with Gasteiger partial charge in [0, 0.05) is 51.5 Å². The molecule has 0 spiro atoms. The van der Waals surface area contributed by atoms with Crippen LogP contribution in [-0.2, 0) is 14.3 Å². The van der Waals surface area contributed by atoms with E-state index in [-0.39, 0.29) is 11.3 Å². The zero-order chi connectivity index (χ0) is 26.5. The first-order valence-corrected chi connectivity index (χ1v) is 12.5. The molecule has 0 aliphatic carbocycles. The number of aliphatic hydroxyl groups is 1. The van der Waals surface area contributed by atoms with E-state index in [0.717, 1.165) is 29.9 Å². The van der Waals surface area contributed by atoms with Crippen molar-refractivity contribution in [1.82, 2.24) is 9.80 Å². The lowest BCUT2D eigenvalue weighted by Gasteiger charge is -2.31. The van der Waals surface area contributed by atoms with E-state index >= 15 is 0 Å². The summed E-state index contributed by atoms with van der Waals surface area (Å²) in [6.45, 7) is 9.72. The topological polar surface area (TPSA) is 82.5 Å². The van der Waals surface area contributed by atoms with Crippen molar-refractivity contribution in [1.29, 1.82) is 0 Å². The lowest BCUT2D eigenvalue weighted by atomic mass is 9.93. The zero-order valence-corrected chi connectivity index (χ0v) is 21.8. The number of carbonyl (C=O) groups excluding carboxylic acids is 2. The number of ether oxygens (including phenoxy) is 2. The fourth-order valence-corrected chi connectivity index (χ4v) is 4.78. The molecule has 1 amide bonds. The Balaban J connectivity index is 1.73. The number of hydrogen-bond donors (Lipinski definition) is 1. The van der Waals surface area contributed by atoms with Crippen molar-refractivity contribution in [3.63, 3.8) is 0 Å². The van der Waals surface area contributed by atoms with Gasteiger partial charge in [0.2, 0.25) is 0 Å². The molecule has 2 aromatic carbocycles. The van der Waals surface area contributed by atoms with Gasteiger partial charge in [0.05, 0.1) is 24.8 Å². The van der Waals surface area contributed by atoms with Crippen molar-refractivity contribution >= 4 is 23.1 Å². The van der Waals surface area contributed by atoms with Gasteiger partial charge in [-0.15, -0.1) is 0 Å². The number of Topliss-reactive ketones (excluding diaryl/α,β-unsaturated/α-hetero) is 1. The molecule has 0 aromatic heterocycles. The van der Waals surface area contributed by atoms with Crippen LogP contribution in [0.25, 0.3) is 5.76 Å². The quantitative estimate of drug-likeness (QED) is 0.242. The molecule has 2 aromatic rings. The number of hydrogen-bond acceptors (Lipinski definition) is 7. The maximum Gasteiger partial charge on any atom is 0.295 e. The average molecular weight is 506 g/mol. The minimum atomic E-state index is -0.687. The lowest BCUT2D eigenvalue weighted by Crippen LogP contribution is -2.42. The summed E-state index contributed by atoms with van der Waals surface area (Å²) in [5, 5.41) is 11.5. The highest BCUT2D eigenvalue weighted by molar-refractivity contribution is 6.46. The molecular weight excluding hydrogens is 470 g/mol. The maximum absolute atomic E-state index is 13.4. The Morgan fingerprint density at radius 1 is 1.14 bits per heavy atom. The van der Waals surface area contributed by atoms with Gasteiger partial charge in [0.25, 0.3) is 11.7 Å². The number of rotatable bonds is 9. The molecule has 8 heteroatoms. The highest BCUT2D eigenvalue weighted by Crippen LogP contribution is 2.40. The highest BCUT2D eigenvalue weighted by atomic mass is 16.5. The predicted molar refractivity (Wildman–Crippen MR) is 144 cm³/mol. The monoisotopic (exact) mass is 505 g/mol. The molecule has 0 unspecified atom stereocenters. The van der Waals surface area contributed by atoms with Gasteiger partial charge in [-0.3, -0.25) is 14.5 Å². The van der Waals surface area contributed by atoms with Gasteiger partial charge in [-0.2, -0.15) is 0 Å². The standard InChI is InChI=1S/C29H35N3O5/c1-5-16-37-23-10-11-24(20(2)19-23)27(33)25-26(21-6-8-22(9-7-21)30(3)4)32(29(35)28(25)34)13-12-31-14-17-36-18-15-31/h5-11,19,26,33H,1,12-18H2,2-4H3/t26-/m0/s1. The fraction of sp³-hybridized carbons (Fsp3) is 0.379. The number of aryl methyl sites for hydroxylation is 1. The SMILES string of the molecule is C=CCOc1ccc(C(O)=C2C(=O)C(=O)N(CCN3CCOCC3)[C@H]2c2ccc(N(C)C)cc2)c(C)c1. The van der Waals surface area contributed by atoms with Crippen LogP contribution in [0.3, 0.4) is 0 Å². The Morgan fingerprint density at radius 3 is 2.46 bits per heavy atom. The van der Waals surface area contributed by atoms with Crippen molar-refractivity contribution in [2.24, 2.45) is 0 Å². The number of morpholine rings is 1. The van der Waals surface area contributed by atoms with Crippen molar-refractivity contribution in [3.8, 4) is 5.75 Å². The average Bonchev–Trinajstić information content (AvgIpc) is 3.16. The first kappa shape index (κ1) is 26.4. The van der Waals surface area contributed by atoms with E-state index in [2.05, 4.69) is 11.5 Å². The molecule has 1 N–H and O–H groups in total. The smallest absolute Gasteiger partial charge is 0.295 e. The number of amides is 1. The molecule has 8 nitrogen and oxygen atoms in total. The molecule has 37 heavy (non-hydrogen) atoms. The molecule has 0 radical (unpaired) electrons. The summed E-state index contributed by atoms with van der Waals surface area (Å²) >= 11 is 0. The number of benzene rings is 2. The molecule has 0 bridgehead atoms. The van der Waals surface area contributed by atoms with E-state index in [0.29, 0.717) is 44.2 Å². The van der Waals surface area contributed by atoms with Crippen LogP contribution in [0.2, 0.25) is 0 Å². The number of carbonyl (C=O) groups is 2. The van der Waals surface area contributed by atoms with Crippen molar-refractivity contribution in [2.45, 2.75) is 13.0 Å². The van der Waals surface area contributed by atoms with Crippen molar-refractivity contribution < 1.29 is 24.2 Å². The zero-order valence-electron chi connectivity index (χ0n) is 21.8. The Bertz CT molecular complexity index is 1180. The second kappa shape index (κ2) is 11.6. The van der Waals surface area contributed by atoms with E-state index in [1.807, 2.05) is 50.2 Å². The van der Waals surface area contributed by atoms with Crippen LogP contribution < -0.4 is 9.64 Å². The Kier molecular flexibility index (Phi) is 8.31. The fourth-order valence-electron chi connectivity index (χ4n) is 4.78. The molecular formula is C29H35N3O5. The van der Waals surface area contributed by atoms with E-state index < -0.39 is 17.7 Å². The third-order valence-corrected chi connectivity index (χ3v) is 6.85. The van der Waals surface area contributed by atoms with Gasteiger partial charge in [-0.1, -0.05) is 24.8 Å². The largest absolute Gasteiger partial charge is 0.507 e. The summed E-state index contributed by atoms with van der Waals surface area (Å²) in [6.07, 6.45) is 1.66. The second-order valence-corrected chi connectivity index (χ2v) is 9.51. The van der Waals surface area contributed by atoms with Crippen molar-refractivity contribution in [2.75, 3.05) is 65.0 Å². The minimum Gasteiger partial charge on any atom is -0.507 e. The molecule has 1 atom stereocenters. The molecule has 2 heterocycles. The second-order valence-electron chi connectivity index (χ2n) is 9.51. The Morgan fingerprint density at radius 2 is 1.84 bits per heavy atom. The number of nitrogens with zero attached hydrogens (tertiary/aromatic N) is 3. The van der Waals surface area contributed by atoms with Gasteiger partial charge in [0.1, 0.15) is 18.1 Å². The molecule has 196 valence electrons. The first-order chi connectivity index (χ1) is 17.8. The Labute approximate surface area is 218 Å². The highest BCUT2D eigenvalue weighted by Gasteiger charge is 2.46. The van der Waals surface area contributed by atoms with Gasteiger partial charge in [0.15, 0.2) is 0 Å². The van der Waals surface area contributed by atoms with Crippen LogP contribution in [0.1, 0.15) is 22.7 Å². The predicted octanol–water partition coefficient (Wildman–Crippen LogP) is 3.38. The van der Waals surface area contributed by atoms with E-state index in [4.69, 9.17) is 9.47 Å². The summed E-state index contributed by atoms with van der Waals surface area (Å²) < 4.78 is 11.0. The van der Waals surface area contributed by atoms with Gasteiger partial charge < -0.3 is 24.4 Å². The van der Waals surface area contributed by atoms with E-state index in [1.165, 1.54) is 0 Å². The van der Waals surface area contributed by atoms with E-state index in [9.17, 15) is 14.7 Å². The van der Waals surface area contributed by atoms with Crippen molar-refractivity contribution in [3.05, 3.63) is 77.4 Å². The number of likely N-dealkylation sites (tertiary alicyclic amines) is 1. The van der Waals surface area contributed by atoms with Crippen LogP contribution in [-0.4, -0.2) is 86.7 Å². The van der Waals surface area contributed by atoms with E-state index in [1.54, 1.807) is 29.2 Å².